The van der Waals surface area contributed by atoms with Crippen LogP contribution in [0, 0.1) is 0 Å². The van der Waals surface area contributed by atoms with Crippen molar-refractivity contribution in [3.63, 3.8) is 0 Å². The molecule has 2 fully saturated rings. The van der Waals surface area contributed by atoms with Crippen LogP contribution in [0.1, 0.15) is 31.7 Å². The van der Waals surface area contributed by atoms with Gasteiger partial charge >= 0.3 is 0 Å². The lowest BCUT2D eigenvalue weighted by Crippen LogP contribution is -2.53. The average molecular weight is 398 g/mol. The second-order valence-corrected chi connectivity index (χ2v) is 7.57. The highest BCUT2D eigenvalue weighted by Crippen LogP contribution is 2.26. The molecule has 2 aromatic rings. The molecule has 2 aliphatic heterocycles. The summed E-state index contributed by atoms with van der Waals surface area (Å²) < 4.78 is 5.47. The van der Waals surface area contributed by atoms with Crippen molar-refractivity contribution in [1.29, 1.82) is 0 Å². The van der Waals surface area contributed by atoms with Gasteiger partial charge in [-0.15, -0.1) is 23.7 Å². The van der Waals surface area contributed by atoms with Gasteiger partial charge in [0, 0.05) is 26.2 Å². The quantitative estimate of drug-likeness (QED) is 0.852. The third-order valence-electron chi connectivity index (χ3n) is 5.07. The number of thiophene rings is 1. The van der Waals surface area contributed by atoms with Gasteiger partial charge in [-0.3, -0.25) is 9.69 Å². The summed E-state index contributed by atoms with van der Waals surface area (Å²) in [5.74, 6) is 1.54. The van der Waals surface area contributed by atoms with Crippen LogP contribution in [-0.2, 0) is 4.79 Å². The zero-order chi connectivity index (χ0) is 17.2. The highest BCUT2D eigenvalue weighted by atomic mass is 35.5. The molecule has 2 atom stereocenters. The van der Waals surface area contributed by atoms with E-state index in [4.69, 9.17) is 4.52 Å². The molecule has 2 saturated heterocycles. The largest absolute Gasteiger partial charge is 0.339 e. The Morgan fingerprint density at radius 2 is 2.19 bits per heavy atom. The maximum absolute atomic E-state index is 12.5. The van der Waals surface area contributed by atoms with Gasteiger partial charge in [-0.25, -0.2) is 0 Å². The SMILES string of the molecule is CC(c1nc(-c2cccs2)no1)N1CCN(C(=O)[C@@H]2CCCN2)CC1.Cl. The molecule has 0 aliphatic carbocycles. The van der Waals surface area contributed by atoms with Crippen molar-refractivity contribution in [1.82, 2.24) is 25.3 Å². The van der Waals surface area contributed by atoms with Crippen LogP contribution in [0.25, 0.3) is 10.7 Å². The minimum atomic E-state index is 0. The molecule has 0 saturated carbocycles. The molecule has 4 heterocycles. The molecule has 0 spiro atoms. The molecule has 2 aliphatic rings. The third kappa shape index (κ3) is 3.93. The van der Waals surface area contributed by atoms with Crippen molar-refractivity contribution in [2.45, 2.75) is 31.8 Å². The van der Waals surface area contributed by atoms with E-state index in [0.717, 1.165) is 50.4 Å². The summed E-state index contributed by atoms with van der Waals surface area (Å²) in [6.45, 7) is 6.21. The molecular formula is C17H24ClN5O2S. The summed E-state index contributed by atoms with van der Waals surface area (Å²) in [6, 6.07) is 4.05. The van der Waals surface area contributed by atoms with Crippen molar-refractivity contribution in [2.24, 2.45) is 0 Å². The number of carbonyl (C=O) groups is 1. The van der Waals surface area contributed by atoms with Gasteiger partial charge in [0.15, 0.2) is 0 Å². The lowest BCUT2D eigenvalue weighted by Gasteiger charge is -2.37. The monoisotopic (exact) mass is 397 g/mol. The molecule has 26 heavy (non-hydrogen) atoms. The van der Waals surface area contributed by atoms with E-state index in [2.05, 4.69) is 27.3 Å². The summed E-state index contributed by atoms with van der Waals surface area (Å²) in [5, 5.41) is 9.39. The van der Waals surface area contributed by atoms with Gasteiger partial charge in [-0.2, -0.15) is 4.98 Å². The minimum Gasteiger partial charge on any atom is -0.339 e. The van der Waals surface area contributed by atoms with Gasteiger partial charge in [0.05, 0.1) is 17.0 Å². The number of aromatic nitrogens is 2. The first kappa shape index (κ1) is 19.3. The van der Waals surface area contributed by atoms with Gasteiger partial charge in [-0.05, 0) is 37.8 Å². The molecule has 0 aromatic carbocycles. The van der Waals surface area contributed by atoms with Crippen LogP contribution < -0.4 is 5.32 Å². The fraction of sp³-hybridized carbons (Fsp3) is 0.588. The molecular weight excluding hydrogens is 374 g/mol. The third-order valence-corrected chi connectivity index (χ3v) is 5.94. The zero-order valence-electron chi connectivity index (χ0n) is 14.8. The fourth-order valence-corrected chi connectivity index (χ4v) is 4.16. The van der Waals surface area contributed by atoms with Gasteiger partial charge in [0.2, 0.25) is 17.6 Å². The van der Waals surface area contributed by atoms with Gasteiger partial charge in [-0.1, -0.05) is 11.2 Å². The summed E-state index contributed by atoms with van der Waals surface area (Å²) in [5.41, 5.74) is 0. The Labute approximate surface area is 163 Å². The normalized spacial score (nSPS) is 22.2. The first-order valence-corrected chi connectivity index (χ1v) is 9.74. The number of halogens is 1. The lowest BCUT2D eigenvalue weighted by molar-refractivity contribution is -0.135. The maximum atomic E-state index is 12.5. The van der Waals surface area contributed by atoms with Crippen LogP contribution in [0.5, 0.6) is 0 Å². The molecule has 4 rings (SSSR count). The summed E-state index contributed by atoms with van der Waals surface area (Å²) in [7, 11) is 0. The van der Waals surface area contributed by atoms with Crippen LogP contribution in [0.4, 0.5) is 0 Å². The predicted octanol–water partition coefficient (Wildman–Crippen LogP) is 2.18. The van der Waals surface area contributed by atoms with Crippen molar-refractivity contribution < 1.29 is 9.32 Å². The summed E-state index contributed by atoms with van der Waals surface area (Å²) >= 11 is 1.60. The Bertz CT molecular complexity index is 709. The van der Waals surface area contributed by atoms with Crippen molar-refractivity contribution in [2.75, 3.05) is 32.7 Å². The Balaban J connectivity index is 0.00000196. The van der Waals surface area contributed by atoms with E-state index >= 15 is 0 Å². The topological polar surface area (TPSA) is 74.5 Å². The number of rotatable bonds is 4. The smallest absolute Gasteiger partial charge is 0.244 e. The van der Waals surface area contributed by atoms with Crippen molar-refractivity contribution in [3.05, 3.63) is 23.4 Å². The number of piperazine rings is 1. The summed E-state index contributed by atoms with van der Waals surface area (Å²) in [6.07, 6.45) is 2.06. The second kappa shape index (κ2) is 8.47. The molecule has 1 unspecified atom stereocenters. The van der Waals surface area contributed by atoms with E-state index < -0.39 is 0 Å². The molecule has 1 N–H and O–H groups in total. The van der Waals surface area contributed by atoms with Crippen LogP contribution in [0.3, 0.4) is 0 Å². The van der Waals surface area contributed by atoms with Crippen LogP contribution in [-0.4, -0.2) is 64.6 Å². The lowest BCUT2D eigenvalue weighted by atomic mass is 10.1. The molecule has 7 nitrogen and oxygen atoms in total. The molecule has 0 radical (unpaired) electrons. The molecule has 142 valence electrons. The Hall–Kier alpha value is -1.48. The number of amides is 1. The molecule has 1 amide bonds. The fourth-order valence-electron chi connectivity index (χ4n) is 3.51. The van der Waals surface area contributed by atoms with Crippen LogP contribution in [0.15, 0.2) is 22.0 Å². The average Bonchev–Trinajstić information content (AvgIpc) is 3.42. The first-order valence-electron chi connectivity index (χ1n) is 8.86. The Kier molecular flexibility index (Phi) is 6.29. The highest BCUT2D eigenvalue weighted by Gasteiger charge is 2.31. The van der Waals surface area contributed by atoms with E-state index in [1.54, 1.807) is 11.3 Å². The van der Waals surface area contributed by atoms with E-state index in [-0.39, 0.29) is 30.4 Å². The molecule has 9 heteroatoms. The zero-order valence-corrected chi connectivity index (χ0v) is 16.4. The van der Waals surface area contributed by atoms with Crippen molar-refractivity contribution in [3.8, 4) is 10.7 Å². The van der Waals surface area contributed by atoms with E-state index in [9.17, 15) is 4.79 Å². The van der Waals surface area contributed by atoms with Crippen molar-refractivity contribution >= 4 is 29.7 Å². The summed E-state index contributed by atoms with van der Waals surface area (Å²) in [4.78, 5) is 22.3. The minimum absolute atomic E-state index is 0. The van der Waals surface area contributed by atoms with E-state index in [0.29, 0.717) is 11.7 Å². The Morgan fingerprint density at radius 3 is 2.85 bits per heavy atom. The number of carbonyl (C=O) groups excluding carboxylic acids is 1. The number of hydrogen-bond acceptors (Lipinski definition) is 7. The highest BCUT2D eigenvalue weighted by molar-refractivity contribution is 7.13. The molecule has 2 aromatic heterocycles. The van der Waals surface area contributed by atoms with E-state index in [1.165, 1.54) is 0 Å². The number of nitrogens with zero attached hydrogens (tertiary/aromatic N) is 4. The standard InChI is InChI=1S/C17H23N5O2S.ClH/c1-12(16-19-15(20-24-16)14-5-3-11-25-14)21-7-9-22(10-8-21)17(23)13-4-2-6-18-13;/h3,5,11-13,18H,2,4,6-10H2,1H3;1H/t12?,13-;/m0./s1. The predicted molar refractivity (Wildman–Crippen MR) is 102 cm³/mol. The molecule has 0 bridgehead atoms. The van der Waals surface area contributed by atoms with Gasteiger partial charge in [0.1, 0.15) is 0 Å². The second-order valence-electron chi connectivity index (χ2n) is 6.62. The Morgan fingerprint density at radius 1 is 1.38 bits per heavy atom. The van der Waals surface area contributed by atoms with Gasteiger partial charge in [0.25, 0.3) is 0 Å². The van der Waals surface area contributed by atoms with Crippen LogP contribution >= 0.6 is 23.7 Å². The van der Waals surface area contributed by atoms with Gasteiger partial charge < -0.3 is 14.7 Å². The maximum Gasteiger partial charge on any atom is 0.244 e. The first-order chi connectivity index (χ1) is 12.2. The van der Waals surface area contributed by atoms with E-state index in [1.807, 2.05) is 22.4 Å². The van der Waals surface area contributed by atoms with Crippen LogP contribution in [0.2, 0.25) is 0 Å². The number of nitrogens with one attached hydrogen (secondary N) is 1. The number of hydrogen-bond donors (Lipinski definition) is 1.